The first-order chi connectivity index (χ1) is 10.1. The first kappa shape index (κ1) is 16.4. The fraction of sp³-hybridized carbons (Fsp3) is 0.643. The van der Waals surface area contributed by atoms with Crippen molar-refractivity contribution in [3.63, 3.8) is 0 Å². The second-order valence-corrected chi connectivity index (χ2v) is 7.73. The first-order valence-electron chi connectivity index (χ1n) is 7.14. The summed E-state index contributed by atoms with van der Waals surface area (Å²) in [6, 6.07) is 0. The predicted molar refractivity (Wildman–Crippen MR) is 91.6 cm³/mol. The Morgan fingerprint density at radius 2 is 2.29 bits per heavy atom. The van der Waals surface area contributed by atoms with Crippen LogP contribution >= 0.6 is 23.5 Å². The van der Waals surface area contributed by atoms with E-state index in [-0.39, 0.29) is 11.8 Å². The van der Waals surface area contributed by atoms with Gasteiger partial charge in [0.1, 0.15) is 5.82 Å². The lowest BCUT2D eigenvalue weighted by Crippen LogP contribution is -2.34. The van der Waals surface area contributed by atoms with E-state index in [0.717, 1.165) is 11.5 Å². The molecule has 2 heterocycles. The largest absolute Gasteiger partial charge is 0.385 e. The molecule has 1 saturated heterocycles. The van der Waals surface area contributed by atoms with Crippen molar-refractivity contribution in [2.24, 2.45) is 0 Å². The van der Waals surface area contributed by atoms with Crippen molar-refractivity contribution in [3.05, 3.63) is 17.7 Å². The van der Waals surface area contributed by atoms with Crippen molar-refractivity contribution in [1.82, 2.24) is 15.3 Å². The molecular weight excluding hydrogens is 304 g/mol. The Morgan fingerprint density at radius 1 is 1.48 bits per heavy atom. The van der Waals surface area contributed by atoms with Crippen LogP contribution in [0.5, 0.6) is 0 Å². The average molecular weight is 326 g/mol. The number of nitrogens with one attached hydrogen (secondary N) is 2. The van der Waals surface area contributed by atoms with Gasteiger partial charge in [-0.2, -0.15) is 23.5 Å². The maximum atomic E-state index is 12.4. The number of rotatable bonds is 5. The van der Waals surface area contributed by atoms with Gasteiger partial charge in [-0.3, -0.25) is 4.79 Å². The standard InChI is InChI=1S/C14H22N4OS2/c1-9(2)13-16-7-11(15-3)12(18-13)14(19)17-6-10-8-20-4-5-21-10/h7,9-10,15H,4-6,8H2,1-3H3,(H,17,19). The topological polar surface area (TPSA) is 66.9 Å². The number of nitrogens with zero attached hydrogens (tertiary/aromatic N) is 2. The molecule has 1 aliphatic rings. The average Bonchev–Trinajstić information content (AvgIpc) is 2.52. The highest BCUT2D eigenvalue weighted by molar-refractivity contribution is 8.06. The predicted octanol–water partition coefficient (Wildman–Crippen LogP) is 2.22. The lowest BCUT2D eigenvalue weighted by Gasteiger charge is -2.21. The minimum absolute atomic E-state index is 0.125. The second kappa shape index (κ2) is 7.89. The molecule has 1 aromatic heterocycles. The number of hydrogen-bond donors (Lipinski definition) is 2. The quantitative estimate of drug-likeness (QED) is 0.865. The summed E-state index contributed by atoms with van der Waals surface area (Å²) in [5.41, 5.74) is 1.10. The fourth-order valence-electron chi connectivity index (χ4n) is 1.97. The molecule has 0 saturated carbocycles. The van der Waals surface area contributed by atoms with Gasteiger partial charge in [-0.15, -0.1) is 0 Å². The molecule has 1 atom stereocenters. The molecule has 0 aromatic carbocycles. The van der Waals surface area contributed by atoms with Gasteiger partial charge in [-0.1, -0.05) is 13.8 Å². The van der Waals surface area contributed by atoms with E-state index in [1.165, 1.54) is 5.75 Å². The first-order valence-corrected chi connectivity index (χ1v) is 9.34. The minimum Gasteiger partial charge on any atom is -0.385 e. The summed E-state index contributed by atoms with van der Waals surface area (Å²) in [5, 5.41) is 6.49. The van der Waals surface area contributed by atoms with Gasteiger partial charge in [-0.25, -0.2) is 9.97 Å². The van der Waals surface area contributed by atoms with Crippen LogP contribution in [0.3, 0.4) is 0 Å². The highest BCUT2D eigenvalue weighted by Gasteiger charge is 2.19. The summed E-state index contributed by atoms with van der Waals surface area (Å²) >= 11 is 3.89. The Morgan fingerprint density at radius 3 is 2.90 bits per heavy atom. The lowest BCUT2D eigenvalue weighted by atomic mass is 10.2. The van der Waals surface area contributed by atoms with Crippen molar-refractivity contribution >= 4 is 35.1 Å². The number of thioether (sulfide) groups is 2. The summed E-state index contributed by atoms with van der Waals surface area (Å²) in [5.74, 6) is 4.25. The molecule has 1 aliphatic heterocycles. The number of anilines is 1. The van der Waals surface area contributed by atoms with Crippen molar-refractivity contribution < 1.29 is 4.79 Å². The molecule has 1 amide bonds. The third-order valence-corrected chi connectivity index (χ3v) is 6.03. The van der Waals surface area contributed by atoms with E-state index in [1.807, 2.05) is 37.4 Å². The molecular formula is C14H22N4OS2. The molecule has 2 N–H and O–H groups in total. The summed E-state index contributed by atoms with van der Waals surface area (Å²) in [6.07, 6.45) is 1.68. The summed E-state index contributed by atoms with van der Waals surface area (Å²) in [4.78, 5) is 21.1. The van der Waals surface area contributed by atoms with Gasteiger partial charge >= 0.3 is 0 Å². The Labute approximate surface area is 134 Å². The van der Waals surface area contributed by atoms with E-state index >= 15 is 0 Å². The zero-order valence-corrected chi connectivity index (χ0v) is 14.3. The molecule has 1 unspecified atom stereocenters. The molecule has 5 nitrogen and oxygen atoms in total. The van der Waals surface area contributed by atoms with Crippen LogP contribution in [0.15, 0.2) is 6.20 Å². The third kappa shape index (κ3) is 4.51. The molecule has 21 heavy (non-hydrogen) atoms. The minimum atomic E-state index is -0.125. The molecule has 1 aromatic rings. The van der Waals surface area contributed by atoms with Gasteiger partial charge in [0.15, 0.2) is 5.69 Å². The van der Waals surface area contributed by atoms with E-state index < -0.39 is 0 Å². The fourth-order valence-corrected chi connectivity index (χ4v) is 4.59. The van der Waals surface area contributed by atoms with Crippen LogP contribution in [0.4, 0.5) is 5.69 Å². The molecule has 0 bridgehead atoms. The van der Waals surface area contributed by atoms with Gasteiger partial charge in [0.25, 0.3) is 5.91 Å². The molecule has 7 heteroatoms. The van der Waals surface area contributed by atoms with E-state index in [0.29, 0.717) is 29.0 Å². The van der Waals surface area contributed by atoms with Crippen LogP contribution in [0.1, 0.15) is 36.1 Å². The molecule has 0 radical (unpaired) electrons. The van der Waals surface area contributed by atoms with Gasteiger partial charge in [-0.05, 0) is 0 Å². The maximum absolute atomic E-state index is 12.4. The van der Waals surface area contributed by atoms with Gasteiger partial charge in [0.05, 0.1) is 11.9 Å². The Hall–Kier alpha value is -0.950. The van der Waals surface area contributed by atoms with Crippen molar-refractivity contribution in [2.45, 2.75) is 25.0 Å². The number of carbonyl (C=O) groups excluding carboxylic acids is 1. The van der Waals surface area contributed by atoms with Crippen LogP contribution in [-0.4, -0.2) is 52.0 Å². The molecule has 0 aliphatic carbocycles. The summed E-state index contributed by atoms with van der Waals surface area (Å²) in [7, 11) is 1.78. The SMILES string of the molecule is CNc1cnc(C(C)C)nc1C(=O)NCC1CSCCS1. The smallest absolute Gasteiger partial charge is 0.272 e. The van der Waals surface area contributed by atoms with E-state index in [9.17, 15) is 4.79 Å². The van der Waals surface area contributed by atoms with Crippen molar-refractivity contribution in [3.8, 4) is 0 Å². The van der Waals surface area contributed by atoms with Gasteiger partial charge in [0, 0.05) is 42.0 Å². The van der Waals surface area contributed by atoms with E-state index in [4.69, 9.17) is 0 Å². The zero-order valence-electron chi connectivity index (χ0n) is 12.7. The Bertz CT molecular complexity index is 490. The Kier molecular flexibility index (Phi) is 6.17. The lowest BCUT2D eigenvalue weighted by molar-refractivity contribution is 0.0949. The Balaban J connectivity index is 2.04. The third-order valence-electron chi connectivity index (χ3n) is 3.18. The number of amides is 1. The summed E-state index contributed by atoms with van der Waals surface area (Å²) < 4.78 is 0. The normalized spacial score (nSPS) is 18.6. The monoisotopic (exact) mass is 326 g/mol. The van der Waals surface area contributed by atoms with Gasteiger partial charge in [0.2, 0.25) is 0 Å². The van der Waals surface area contributed by atoms with Crippen molar-refractivity contribution in [1.29, 1.82) is 0 Å². The number of aromatic nitrogens is 2. The second-order valence-electron chi connectivity index (χ2n) is 5.17. The number of hydrogen-bond acceptors (Lipinski definition) is 6. The zero-order chi connectivity index (χ0) is 15.2. The van der Waals surface area contributed by atoms with E-state index in [1.54, 1.807) is 13.2 Å². The highest BCUT2D eigenvalue weighted by atomic mass is 32.2. The highest BCUT2D eigenvalue weighted by Crippen LogP contribution is 2.23. The van der Waals surface area contributed by atoms with E-state index in [2.05, 4.69) is 20.6 Å². The molecule has 116 valence electrons. The van der Waals surface area contributed by atoms with Crippen LogP contribution in [0.25, 0.3) is 0 Å². The van der Waals surface area contributed by atoms with Gasteiger partial charge < -0.3 is 10.6 Å². The van der Waals surface area contributed by atoms with Crippen LogP contribution in [-0.2, 0) is 0 Å². The van der Waals surface area contributed by atoms with Crippen LogP contribution in [0.2, 0.25) is 0 Å². The van der Waals surface area contributed by atoms with Crippen LogP contribution < -0.4 is 10.6 Å². The van der Waals surface area contributed by atoms with Crippen LogP contribution in [0, 0.1) is 0 Å². The van der Waals surface area contributed by atoms with Crippen molar-refractivity contribution in [2.75, 3.05) is 36.2 Å². The molecule has 1 fully saturated rings. The molecule has 2 rings (SSSR count). The molecule has 0 spiro atoms. The summed E-state index contributed by atoms with van der Waals surface area (Å²) in [6.45, 7) is 4.73. The number of carbonyl (C=O) groups is 1. The maximum Gasteiger partial charge on any atom is 0.272 e.